The molecule has 1 aromatic heterocycles. The molecule has 106 valence electrons. The van der Waals surface area contributed by atoms with E-state index in [0.29, 0.717) is 23.6 Å². The van der Waals surface area contributed by atoms with E-state index in [-0.39, 0.29) is 12.6 Å². The Bertz CT molecular complexity index is 450. The number of nitrogens with one attached hydrogen (secondary N) is 2. The Morgan fingerprint density at radius 1 is 1.47 bits per heavy atom. The van der Waals surface area contributed by atoms with Crippen molar-refractivity contribution >= 4 is 11.7 Å². The lowest BCUT2D eigenvalue weighted by molar-refractivity contribution is 0.0506. The zero-order chi connectivity index (χ0) is 13.9. The molecule has 6 heteroatoms. The van der Waals surface area contributed by atoms with Crippen LogP contribution in [0.4, 0.5) is 10.5 Å². The quantitative estimate of drug-likeness (QED) is 0.778. The molecule has 1 aliphatic rings. The molecule has 3 N–H and O–H groups in total. The summed E-state index contributed by atoms with van der Waals surface area (Å²) in [6.45, 7) is 4.00. The molecule has 0 aliphatic heterocycles. The molecule has 1 aliphatic carbocycles. The number of aromatic nitrogens is 1. The van der Waals surface area contributed by atoms with E-state index >= 15 is 0 Å². The van der Waals surface area contributed by atoms with Crippen LogP contribution in [0.1, 0.15) is 44.1 Å². The molecule has 6 nitrogen and oxygen atoms in total. The van der Waals surface area contributed by atoms with Gasteiger partial charge in [-0.05, 0) is 19.8 Å². The van der Waals surface area contributed by atoms with Gasteiger partial charge in [0.2, 0.25) is 0 Å². The van der Waals surface area contributed by atoms with Crippen molar-refractivity contribution in [1.29, 1.82) is 0 Å². The van der Waals surface area contributed by atoms with Gasteiger partial charge in [0.05, 0.1) is 5.60 Å². The predicted molar refractivity (Wildman–Crippen MR) is 71.1 cm³/mol. The van der Waals surface area contributed by atoms with Crippen molar-refractivity contribution < 1.29 is 14.4 Å². The summed E-state index contributed by atoms with van der Waals surface area (Å²) in [6.07, 6.45) is 4.20. The normalized spacial score (nSPS) is 17.4. The number of nitrogens with zero attached hydrogens (tertiary/aromatic N) is 1. The van der Waals surface area contributed by atoms with Crippen LogP contribution in [-0.4, -0.2) is 28.4 Å². The number of urea groups is 1. The van der Waals surface area contributed by atoms with Crippen molar-refractivity contribution in [2.45, 2.75) is 51.6 Å². The third-order valence-corrected chi connectivity index (χ3v) is 3.61. The molecule has 1 aromatic rings. The fraction of sp³-hybridized carbons (Fsp3) is 0.692. The third kappa shape index (κ3) is 3.26. The molecule has 0 saturated heterocycles. The molecule has 0 bridgehead atoms. The number of rotatable bonds is 4. The number of carbonyl (C=O) groups excluding carboxylic acids is 1. The number of hydrogen-bond donors (Lipinski definition) is 3. The van der Waals surface area contributed by atoms with Crippen LogP contribution in [0.3, 0.4) is 0 Å². The minimum Gasteiger partial charge on any atom is -0.388 e. The Balaban J connectivity index is 1.89. The Morgan fingerprint density at radius 3 is 2.79 bits per heavy atom. The van der Waals surface area contributed by atoms with Gasteiger partial charge >= 0.3 is 6.03 Å². The minimum absolute atomic E-state index is 0.282. The topological polar surface area (TPSA) is 87.4 Å². The van der Waals surface area contributed by atoms with Crippen molar-refractivity contribution in [1.82, 2.24) is 10.5 Å². The van der Waals surface area contributed by atoms with E-state index in [1.54, 1.807) is 6.92 Å². The van der Waals surface area contributed by atoms with Gasteiger partial charge in [0.25, 0.3) is 0 Å². The highest BCUT2D eigenvalue weighted by molar-refractivity contribution is 5.90. The number of hydrogen-bond acceptors (Lipinski definition) is 4. The lowest BCUT2D eigenvalue weighted by Gasteiger charge is -2.22. The largest absolute Gasteiger partial charge is 0.388 e. The van der Waals surface area contributed by atoms with Crippen molar-refractivity contribution in [3.8, 4) is 0 Å². The molecule has 0 spiro atoms. The SMILES string of the molecule is CCc1onc(C)c1NC(=O)NCC1(O)CCCC1. The molecule has 1 fully saturated rings. The smallest absolute Gasteiger partial charge is 0.319 e. The van der Waals surface area contributed by atoms with E-state index in [0.717, 1.165) is 25.7 Å². The lowest BCUT2D eigenvalue weighted by Crippen LogP contribution is -2.42. The summed E-state index contributed by atoms with van der Waals surface area (Å²) in [5.41, 5.74) is 0.541. The van der Waals surface area contributed by atoms with Crippen molar-refractivity contribution in [2.75, 3.05) is 11.9 Å². The summed E-state index contributed by atoms with van der Waals surface area (Å²) in [4.78, 5) is 11.8. The van der Waals surface area contributed by atoms with Gasteiger partial charge in [0, 0.05) is 13.0 Å². The summed E-state index contributed by atoms with van der Waals surface area (Å²) in [5.74, 6) is 0.659. The first-order valence-electron chi connectivity index (χ1n) is 6.76. The number of amides is 2. The van der Waals surface area contributed by atoms with Crippen LogP contribution in [0.5, 0.6) is 0 Å². The van der Waals surface area contributed by atoms with Crippen LogP contribution >= 0.6 is 0 Å². The lowest BCUT2D eigenvalue weighted by atomic mass is 10.0. The van der Waals surface area contributed by atoms with Crippen LogP contribution in [0.15, 0.2) is 4.52 Å². The second-order valence-electron chi connectivity index (χ2n) is 5.16. The monoisotopic (exact) mass is 267 g/mol. The van der Waals surface area contributed by atoms with Crippen molar-refractivity contribution in [2.24, 2.45) is 0 Å². The van der Waals surface area contributed by atoms with E-state index < -0.39 is 5.60 Å². The minimum atomic E-state index is -0.741. The van der Waals surface area contributed by atoms with Crippen LogP contribution in [0, 0.1) is 6.92 Å². The second kappa shape index (κ2) is 5.61. The Hall–Kier alpha value is -1.56. The van der Waals surface area contributed by atoms with Gasteiger partial charge in [-0.15, -0.1) is 0 Å². The first kappa shape index (κ1) is 13.9. The summed E-state index contributed by atoms with van der Waals surface area (Å²) >= 11 is 0. The van der Waals surface area contributed by atoms with E-state index in [1.165, 1.54) is 0 Å². The van der Waals surface area contributed by atoms with E-state index in [2.05, 4.69) is 15.8 Å². The number of aryl methyl sites for hydroxylation is 2. The molecule has 0 radical (unpaired) electrons. The maximum absolute atomic E-state index is 11.8. The highest BCUT2D eigenvalue weighted by atomic mass is 16.5. The molecular formula is C13H21N3O3. The van der Waals surface area contributed by atoms with Gasteiger partial charge in [-0.2, -0.15) is 0 Å². The predicted octanol–water partition coefficient (Wildman–Crippen LogP) is 1.97. The van der Waals surface area contributed by atoms with Gasteiger partial charge in [-0.25, -0.2) is 4.79 Å². The van der Waals surface area contributed by atoms with Gasteiger partial charge < -0.3 is 20.3 Å². The van der Waals surface area contributed by atoms with Gasteiger partial charge in [-0.3, -0.25) is 0 Å². The van der Waals surface area contributed by atoms with Crippen LogP contribution in [0.25, 0.3) is 0 Å². The van der Waals surface area contributed by atoms with Gasteiger partial charge in [0.15, 0.2) is 5.76 Å². The second-order valence-corrected chi connectivity index (χ2v) is 5.16. The standard InChI is InChI=1S/C13H21N3O3/c1-3-10-11(9(2)16-19-10)15-12(17)14-8-13(18)6-4-5-7-13/h18H,3-8H2,1-2H3,(H2,14,15,17). The fourth-order valence-corrected chi connectivity index (χ4v) is 2.43. The summed E-state index contributed by atoms with van der Waals surface area (Å²) < 4.78 is 5.10. The Morgan fingerprint density at radius 2 is 2.16 bits per heavy atom. The molecule has 2 amide bonds. The maximum atomic E-state index is 11.8. The molecular weight excluding hydrogens is 246 g/mol. The number of anilines is 1. The summed E-state index contributed by atoms with van der Waals surface area (Å²) in [6, 6.07) is -0.332. The Labute approximate surface area is 112 Å². The van der Waals surface area contributed by atoms with Crippen LogP contribution < -0.4 is 10.6 Å². The molecule has 1 saturated carbocycles. The molecule has 0 aromatic carbocycles. The average Bonchev–Trinajstić information content (AvgIpc) is 2.96. The first-order chi connectivity index (χ1) is 9.04. The molecule has 0 unspecified atom stereocenters. The molecule has 0 atom stereocenters. The average molecular weight is 267 g/mol. The molecule has 2 rings (SSSR count). The summed E-state index contributed by atoms with van der Waals surface area (Å²) in [5, 5.41) is 19.4. The van der Waals surface area contributed by atoms with Crippen molar-refractivity contribution in [3.63, 3.8) is 0 Å². The maximum Gasteiger partial charge on any atom is 0.319 e. The van der Waals surface area contributed by atoms with E-state index in [4.69, 9.17) is 4.52 Å². The third-order valence-electron chi connectivity index (χ3n) is 3.61. The number of carbonyl (C=O) groups is 1. The molecule has 1 heterocycles. The zero-order valence-electron chi connectivity index (χ0n) is 11.5. The first-order valence-corrected chi connectivity index (χ1v) is 6.76. The number of aliphatic hydroxyl groups is 1. The zero-order valence-corrected chi connectivity index (χ0v) is 11.5. The van der Waals surface area contributed by atoms with Gasteiger partial charge in [0.1, 0.15) is 11.4 Å². The van der Waals surface area contributed by atoms with Crippen molar-refractivity contribution in [3.05, 3.63) is 11.5 Å². The highest BCUT2D eigenvalue weighted by Crippen LogP contribution is 2.28. The summed E-state index contributed by atoms with van der Waals surface area (Å²) in [7, 11) is 0. The van der Waals surface area contributed by atoms with E-state index in [9.17, 15) is 9.90 Å². The van der Waals surface area contributed by atoms with E-state index in [1.807, 2.05) is 6.92 Å². The molecule has 19 heavy (non-hydrogen) atoms. The van der Waals surface area contributed by atoms with Crippen LogP contribution in [0.2, 0.25) is 0 Å². The van der Waals surface area contributed by atoms with Gasteiger partial charge in [-0.1, -0.05) is 24.9 Å². The highest BCUT2D eigenvalue weighted by Gasteiger charge is 2.31. The Kier molecular flexibility index (Phi) is 4.09. The fourth-order valence-electron chi connectivity index (χ4n) is 2.43. The van der Waals surface area contributed by atoms with Crippen LogP contribution in [-0.2, 0) is 6.42 Å².